The fourth-order valence-electron chi connectivity index (χ4n) is 3.20. The third-order valence-electron chi connectivity index (χ3n) is 4.72. The first-order chi connectivity index (χ1) is 16.5. The lowest BCUT2D eigenvalue weighted by Gasteiger charge is -2.17. The summed E-state index contributed by atoms with van der Waals surface area (Å²) < 4.78 is 15.8. The van der Waals surface area contributed by atoms with Crippen molar-refractivity contribution in [2.75, 3.05) is 10.2 Å². The fourth-order valence-corrected chi connectivity index (χ4v) is 4.34. The Morgan fingerprint density at radius 3 is 2.76 bits per heavy atom. The van der Waals surface area contributed by atoms with E-state index in [-0.39, 0.29) is 17.5 Å². The van der Waals surface area contributed by atoms with Crippen LogP contribution in [0.15, 0.2) is 67.1 Å². The first-order valence-corrected chi connectivity index (χ1v) is 11.3. The van der Waals surface area contributed by atoms with Crippen LogP contribution < -0.4 is 10.2 Å². The zero-order valence-corrected chi connectivity index (χ0v) is 19.0. The van der Waals surface area contributed by atoms with Gasteiger partial charge in [-0.3, -0.25) is 9.69 Å². The van der Waals surface area contributed by atoms with Gasteiger partial charge >= 0.3 is 0 Å². The lowest BCUT2D eigenvalue weighted by Crippen LogP contribution is -2.19. The molecule has 0 fully saturated rings. The number of benzene rings is 2. The van der Waals surface area contributed by atoms with Crippen LogP contribution in [0, 0.1) is 5.82 Å². The molecule has 34 heavy (non-hydrogen) atoms. The third kappa shape index (κ3) is 4.85. The van der Waals surface area contributed by atoms with Crippen molar-refractivity contribution in [3.63, 3.8) is 0 Å². The Morgan fingerprint density at radius 2 is 1.97 bits per heavy atom. The predicted octanol–water partition coefficient (Wildman–Crippen LogP) is 4.45. The number of carbonyl (C=O) groups is 1. The first kappa shape index (κ1) is 21.9. The standard InChI is InChI=1S/C22H16ClFN8OS/c23-16-10-14(6-7-17(16)24)27-20(33)13-31-11-15(29-30-31)12-32(21-25-8-3-9-26-21)22-28-18-4-1-2-5-19(18)34-22/h1-11H,12-13H2,(H,27,33). The van der Waals surface area contributed by atoms with Crippen molar-refractivity contribution in [1.82, 2.24) is 29.9 Å². The molecule has 3 heterocycles. The predicted molar refractivity (Wildman–Crippen MR) is 128 cm³/mol. The molecule has 1 N–H and O–H groups in total. The maximum absolute atomic E-state index is 13.3. The Balaban J connectivity index is 1.33. The number of halogens is 2. The monoisotopic (exact) mass is 494 g/mol. The Bertz CT molecular complexity index is 1420. The quantitative estimate of drug-likeness (QED) is 0.356. The third-order valence-corrected chi connectivity index (χ3v) is 6.07. The summed E-state index contributed by atoms with van der Waals surface area (Å²) in [6.07, 6.45) is 4.98. The van der Waals surface area contributed by atoms with Crippen molar-refractivity contribution in [1.29, 1.82) is 0 Å². The summed E-state index contributed by atoms with van der Waals surface area (Å²) in [5.74, 6) is -0.434. The number of para-hydroxylation sites is 1. The highest BCUT2D eigenvalue weighted by atomic mass is 35.5. The zero-order valence-electron chi connectivity index (χ0n) is 17.5. The molecule has 3 aromatic heterocycles. The minimum Gasteiger partial charge on any atom is -0.324 e. The number of rotatable bonds is 7. The number of fused-ring (bicyclic) bond motifs is 1. The first-order valence-electron chi connectivity index (χ1n) is 10.1. The molecule has 0 atom stereocenters. The molecule has 5 rings (SSSR count). The Kier molecular flexibility index (Phi) is 6.11. The van der Waals surface area contributed by atoms with Crippen molar-refractivity contribution in [2.45, 2.75) is 13.1 Å². The highest BCUT2D eigenvalue weighted by Gasteiger charge is 2.19. The van der Waals surface area contributed by atoms with E-state index in [1.54, 1.807) is 24.7 Å². The average molecular weight is 495 g/mol. The van der Waals surface area contributed by atoms with Gasteiger partial charge in [0.2, 0.25) is 11.9 Å². The lowest BCUT2D eigenvalue weighted by molar-refractivity contribution is -0.116. The van der Waals surface area contributed by atoms with E-state index >= 15 is 0 Å². The molecule has 0 saturated heterocycles. The SMILES string of the molecule is O=C(Cn1cc(CN(c2ncccn2)c2nc3ccccc3s2)nn1)Nc1ccc(F)c(Cl)c1. The Labute approximate surface area is 201 Å². The number of aromatic nitrogens is 6. The second-order valence-corrected chi connectivity index (χ2v) is 8.60. The molecule has 0 aliphatic carbocycles. The van der Waals surface area contributed by atoms with Crippen LogP contribution in [0.25, 0.3) is 10.2 Å². The molecule has 0 radical (unpaired) electrons. The van der Waals surface area contributed by atoms with Crippen LogP contribution >= 0.6 is 22.9 Å². The van der Waals surface area contributed by atoms with Gasteiger partial charge in [0.25, 0.3) is 0 Å². The van der Waals surface area contributed by atoms with Gasteiger partial charge in [-0.1, -0.05) is 40.3 Å². The second kappa shape index (κ2) is 9.49. The van der Waals surface area contributed by atoms with Gasteiger partial charge in [0.05, 0.1) is 28.0 Å². The largest absolute Gasteiger partial charge is 0.324 e. The van der Waals surface area contributed by atoms with Gasteiger partial charge in [0.15, 0.2) is 5.13 Å². The number of hydrogen-bond acceptors (Lipinski definition) is 8. The number of thiazole rings is 1. The summed E-state index contributed by atoms with van der Waals surface area (Å²) in [5.41, 5.74) is 1.87. The molecule has 9 nitrogen and oxygen atoms in total. The molecule has 0 bridgehead atoms. The molecule has 2 aromatic carbocycles. The molecule has 170 valence electrons. The summed E-state index contributed by atoms with van der Waals surface area (Å²) in [4.78, 5) is 27.7. The van der Waals surface area contributed by atoms with Gasteiger partial charge < -0.3 is 5.32 Å². The van der Waals surface area contributed by atoms with Gasteiger partial charge in [-0.15, -0.1) is 5.10 Å². The van der Waals surface area contributed by atoms with E-state index in [1.165, 1.54) is 34.2 Å². The zero-order chi connectivity index (χ0) is 23.5. The van der Waals surface area contributed by atoms with Crippen molar-refractivity contribution in [3.05, 3.63) is 83.7 Å². The number of amides is 1. The van der Waals surface area contributed by atoms with Crippen LogP contribution in [0.2, 0.25) is 5.02 Å². The summed E-state index contributed by atoms with van der Waals surface area (Å²) in [6.45, 7) is 0.226. The maximum Gasteiger partial charge on any atom is 0.246 e. The molecule has 12 heteroatoms. The summed E-state index contributed by atoms with van der Waals surface area (Å²) in [6, 6.07) is 13.6. The molecule has 0 spiro atoms. The molecule has 0 saturated carbocycles. The van der Waals surface area contributed by atoms with Crippen molar-refractivity contribution in [2.24, 2.45) is 0 Å². The van der Waals surface area contributed by atoms with E-state index in [4.69, 9.17) is 16.6 Å². The van der Waals surface area contributed by atoms with Gasteiger partial charge in [0, 0.05) is 18.1 Å². The molecule has 0 unspecified atom stereocenters. The van der Waals surface area contributed by atoms with Gasteiger partial charge in [-0.25, -0.2) is 24.0 Å². The molecule has 5 aromatic rings. The van der Waals surface area contributed by atoms with E-state index in [2.05, 4.69) is 25.6 Å². The summed E-state index contributed by atoms with van der Waals surface area (Å²) in [7, 11) is 0. The number of nitrogens with one attached hydrogen (secondary N) is 1. The highest BCUT2D eigenvalue weighted by Crippen LogP contribution is 2.32. The summed E-state index contributed by atoms with van der Waals surface area (Å²) >= 11 is 7.28. The number of nitrogens with zero attached hydrogens (tertiary/aromatic N) is 7. The van der Waals surface area contributed by atoms with Crippen LogP contribution in [0.1, 0.15) is 5.69 Å². The van der Waals surface area contributed by atoms with Gasteiger partial charge in [0.1, 0.15) is 18.1 Å². The molecular weight excluding hydrogens is 479 g/mol. The van der Waals surface area contributed by atoms with Gasteiger partial charge in [-0.2, -0.15) is 0 Å². The smallest absolute Gasteiger partial charge is 0.246 e. The highest BCUT2D eigenvalue weighted by molar-refractivity contribution is 7.22. The maximum atomic E-state index is 13.3. The van der Waals surface area contributed by atoms with E-state index < -0.39 is 5.82 Å². The fraction of sp³-hybridized carbons (Fsp3) is 0.0909. The summed E-state index contributed by atoms with van der Waals surface area (Å²) in [5, 5.41) is 11.5. The van der Waals surface area contributed by atoms with Gasteiger partial charge in [-0.05, 0) is 36.4 Å². The van der Waals surface area contributed by atoms with Crippen LogP contribution in [-0.4, -0.2) is 35.9 Å². The Morgan fingerprint density at radius 1 is 1.15 bits per heavy atom. The van der Waals surface area contributed by atoms with E-state index in [0.29, 0.717) is 29.0 Å². The lowest BCUT2D eigenvalue weighted by atomic mass is 10.3. The van der Waals surface area contributed by atoms with Crippen LogP contribution in [0.4, 0.5) is 21.2 Å². The normalized spacial score (nSPS) is 11.0. The molecule has 0 aliphatic heterocycles. The second-order valence-electron chi connectivity index (χ2n) is 7.18. The Hall–Kier alpha value is -3.96. The van der Waals surface area contributed by atoms with Crippen LogP contribution in [0.5, 0.6) is 0 Å². The van der Waals surface area contributed by atoms with E-state index in [9.17, 15) is 9.18 Å². The number of anilines is 3. The number of carbonyl (C=O) groups excluding carboxylic acids is 1. The minimum absolute atomic E-state index is 0.0705. The topological polar surface area (TPSA) is 102 Å². The minimum atomic E-state index is -0.555. The van der Waals surface area contributed by atoms with Crippen molar-refractivity contribution < 1.29 is 9.18 Å². The van der Waals surface area contributed by atoms with E-state index in [0.717, 1.165) is 10.2 Å². The average Bonchev–Trinajstić information content (AvgIpc) is 3.47. The van der Waals surface area contributed by atoms with Crippen molar-refractivity contribution >= 4 is 55.8 Å². The van der Waals surface area contributed by atoms with E-state index in [1.807, 2.05) is 29.2 Å². The molecule has 0 aliphatic rings. The van der Waals surface area contributed by atoms with Crippen LogP contribution in [-0.2, 0) is 17.9 Å². The molecule has 1 amide bonds. The number of hydrogen-bond donors (Lipinski definition) is 1. The molecular formula is C22H16ClFN8OS. The van der Waals surface area contributed by atoms with Crippen LogP contribution in [0.3, 0.4) is 0 Å². The van der Waals surface area contributed by atoms with Crippen molar-refractivity contribution in [3.8, 4) is 0 Å².